The van der Waals surface area contributed by atoms with Crippen molar-refractivity contribution in [2.45, 2.75) is 333 Å². The van der Waals surface area contributed by atoms with Crippen LogP contribution in [0.25, 0.3) is 4.85 Å². The van der Waals surface area contributed by atoms with Crippen LogP contribution in [0.2, 0.25) is 0 Å². The number of fused-ring (bicyclic) bond motifs is 17. The second-order valence-corrected chi connectivity index (χ2v) is 42.7. The second kappa shape index (κ2) is 34.7. The zero-order valence-electron chi connectivity index (χ0n) is 75.5. The Hall–Kier alpha value is -9.43. The van der Waals surface area contributed by atoms with Gasteiger partial charge in [0.1, 0.15) is 17.3 Å². The molecule has 28 nitrogen and oxygen atoms in total. The number of aliphatic hydroxyl groups excluding tert-OH is 3. The van der Waals surface area contributed by atoms with E-state index >= 15 is 0 Å². The minimum atomic E-state index is -0.556. The normalized spacial score (nSPS) is 32.4. The molecule has 7 fully saturated rings. The van der Waals surface area contributed by atoms with Crippen LogP contribution in [0.4, 0.5) is 0 Å². The van der Waals surface area contributed by atoms with E-state index in [-0.39, 0.29) is 142 Å². The number of hydrogen-bond acceptors (Lipinski definition) is 22. The van der Waals surface area contributed by atoms with Crippen LogP contribution in [0.5, 0.6) is 0 Å². The largest absolute Gasteiger partial charge is 0.523 e. The van der Waals surface area contributed by atoms with E-state index < -0.39 is 27.8 Å². The minimum Gasteiger partial charge on any atom is -0.523 e. The average molecular weight is 1770 g/mol. The Morgan fingerprint density at radius 1 is 0.367 bits per heavy atom. The fourth-order valence-corrected chi connectivity index (χ4v) is 27.9. The quantitative estimate of drug-likeness (QED) is 0.0398. The number of aromatic amines is 5. The topological polar surface area (TPSA) is 408 Å². The van der Waals surface area contributed by atoms with Gasteiger partial charge in [-0.2, -0.15) is 0 Å². The summed E-state index contributed by atoms with van der Waals surface area (Å²) in [4.78, 5) is 133. The molecule has 0 unspecified atom stereocenters. The van der Waals surface area contributed by atoms with Crippen LogP contribution in [0.3, 0.4) is 0 Å². The van der Waals surface area contributed by atoms with Gasteiger partial charge in [0, 0.05) is 160 Å². The number of ether oxygens (including phenoxy) is 4. The lowest BCUT2D eigenvalue weighted by molar-refractivity contribution is -0.281. The number of aromatic nitrogens is 11. The average Bonchev–Trinajstić information content (AvgIpc) is 1.42. The molecule has 20 rings (SSSR count). The first-order valence-corrected chi connectivity index (χ1v) is 44.7. The maximum Gasteiger partial charge on any atom is 0.345 e. The molecule has 0 aromatic carbocycles. The molecular weight excluding hydrogens is 1630 g/mol. The number of carbonyl (C=O) groups excluding carboxylic acids is 3. The lowest BCUT2D eigenvalue weighted by Gasteiger charge is -2.59. The summed E-state index contributed by atoms with van der Waals surface area (Å²) in [5, 5.41) is 33.1. The van der Waals surface area contributed by atoms with Gasteiger partial charge in [0.15, 0.2) is 23.1 Å². The van der Waals surface area contributed by atoms with Crippen LogP contribution in [0.15, 0.2) is 101 Å². The van der Waals surface area contributed by atoms with Gasteiger partial charge < -0.3 is 63.7 Å². The Labute approximate surface area is 753 Å². The number of nitrogens with one attached hydrogen (secondary N) is 5. The Morgan fingerprint density at radius 3 is 1.11 bits per heavy atom. The number of Topliss-reactive ketones (excluding diaryl/α,β-unsaturated/α-hetero) is 3. The van der Waals surface area contributed by atoms with E-state index in [0.29, 0.717) is 92.5 Å². The van der Waals surface area contributed by atoms with Crippen molar-refractivity contribution in [2.24, 2.45) is 68.0 Å². The minimum absolute atomic E-state index is 0. The molecule has 14 aliphatic rings. The van der Waals surface area contributed by atoms with Gasteiger partial charge in [-0.1, -0.05) is 159 Å². The number of H-pyrrole nitrogens is 5. The van der Waals surface area contributed by atoms with E-state index in [9.17, 15) is 53.7 Å². The van der Waals surface area contributed by atoms with Crippen LogP contribution in [0.1, 0.15) is 318 Å². The molecule has 8 heterocycles. The van der Waals surface area contributed by atoms with Crippen LogP contribution in [-0.4, -0.2) is 126 Å². The summed E-state index contributed by atoms with van der Waals surface area (Å²) in [6, 6.07) is 0. The molecule has 6 aromatic heterocycles. The molecule has 128 heavy (non-hydrogen) atoms. The molecule has 2 aliphatic heterocycles. The first-order valence-electron chi connectivity index (χ1n) is 44.7. The van der Waals surface area contributed by atoms with Crippen molar-refractivity contribution in [3.8, 4) is 0 Å². The fourth-order valence-electron chi connectivity index (χ4n) is 27.9. The molecule has 12 aliphatic carbocycles. The number of hydrogen-bond donors (Lipinski definition) is 8. The lowest BCUT2D eigenvalue weighted by atomic mass is 9.48. The Morgan fingerprint density at radius 2 is 0.703 bits per heavy atom. The summed E-state index contributed by atoms with van der Waals surface area (Å²) in [5.41, 5.74) is 8.54. The zero-order valence-corrected chi connectivity index (χ0v) is 75.5. The van der Waals surface area contributed by atoms with Crippen molar-refractivity contribution < 1.29 is 53.2 Å². The third-order valence-electron chi connectivity index (χ3n) is 34.3. The van der Waals surface area contributed by atoms with E-state index in [1.54, 1.807) is 31.0 Å². The molecule has 12 atom stereocenters. The number of carbonyl (C=O) groups is 3. The van der Waals surface area contributed by atoms with E-state index in [1.165, 1.54) is 11.1 Å². The van der Waals surface area contributed by atoms with Gasteiger partial charge in [0.25, 0.3) is 0 Å². The number of aliphatic hydroxyl groups is 3. The molecule has 5 saturated carbocycles. The van der Waals surface area contributed by atoms with Crippen molar-refractivity contribution in [3.63, 3.8) is 0 Å². The number of rotatable bonds is 0. The van der Waals surface area contributed by atoms with Crippen molar-refractivity contribution in [3.05, 3.63) is 204 Å². The van der Waals surface area contributed by atoms with Gasteiger partial charge in [-0.25, -0.2) is 53.7 Å². The number of ketones is 3. The molecule has 8 N–H and O–H groups in total. The van der Waals surface area contributed by atoms with E-state index in [4.69, 9.17) is 30.0 Å². The predicted molar refractivity (Wildman–Crippen MR) is 489 cm³/mol. The third kappa shape index (κ3) is 15.5. The van der Waals surface area contributed by atoms with Gasteiger partial charge in [0.05, 0.1) is 51.7 Å². The predicted octanol–water partition coefficient (Wildman–Crippen LogP) is 16.5. The van der Waals surface area contributed by atoms with Crippen LogP contribution < -0.4 is 28.4 Å². The highest BCUT2D eigenvalue weighted by Gasteiger charge is 2.67. The van der Waals surface area contributed by atoms with E-state index in [2.05, 4.69) is 150 Å². The zero-order chi connectivity index (χ0) is 89.7. The fraction of sp³-hybridized carbons (Fsp3) is 0.670. The van der Waals surface area contributed by atoms with Crippen LogP contribution >= 0.6 is 0 Å². The highest BCUT2D eigenvalue weighted by molar-refractivity contribution is 6.01. The van der Waals surface area contributed by atoms with Crippen LogP contribution in [0, 0.1) is 74.6 Å². The molecule has 2 spiro atoms. The lowest BCUT2D eigenvalue weighted by Crippen LogP contribution is -2.61. The molecule has 698 valence electrons. The molecular formula is C100H142N12O16. The van der Waals surface area contributed by atoms with Gasteiger partial charge in [-0.05, 0) is 179 Å². The smallest absolute Gasteiger partial charge is 0.345 e. The first kappa shape index (κ1) is 99.1. The summed E-state index contributed by atoms with van der Waals surface area (Å²) in [5.74, 6) is 2.36. The maximum atomic E-state index is 12.7. The summed E-state index contributed by atoms with van der Waals surface area (Å²) in [6.45, 7) is 48.2. The summed E-state index contributed by atoms with van der Waals surface area (Å²) >= 11 is 0. The van der Waals surface area contributed by atoms with E-state index in [0.717, 1.165) is 178 Å². The SMILES string of the molecule is C.C.C.C.CC1(C)C(=O)/C(=C\O)C[C@]2(C)c3[nH]c(=O)ncc3CC[C@@H]12.CC1(C)C(=O)CC[C@]2(C)c3[nH]c(=O)ncc3CC[C@@H]12.CC1(C)[C@@H]2CC/C(=C\O)C(=O)[C@@]2(C)CCC12OCCO2.CC1(C)[C@@H]2CCc3cnc(=O)[nH]c3[C@@]2(C)CCC12OCCO2.CC1(C)c2oncc2C[C@]2(C)c3[nH]c(=O)ncc3CC[C@@H]12.[C-]#[N+]C1=C(O)C(C)(C)[C@@H]2CCc3cnc(=O)[nH]c3[C@@]2(C)C1. The van der Waals surface area contributed by atoms with Gasteiger partial charge in [-0.3, -0.25) is 14.4 Å². The van der Waals surface area contributed by atoms with Crippen molar-refractivity contribution >= 4 is 17.3 Å². The summed E-state index contributed by atoms with van der Waals surface area (Å²) in [6.07, 6.45) is 29.8. The molecule has 6 aromatic rings. The van der Waals surface area contributed by atoms with E-state index in [1.807, 2.05) is 40.8 Å². The van der Waals surface area contributed by atoms with Crippen molar-refractivity contribution in [1.29, 1.82) is 0 Å². The van der Waals surface area contributed by atoms with Gasteiger partial charge in [0.2, 0.25) is 5.70 Å². The monoisotopic (exact) mass is 1770 g/mol. The van der Waals surface area contributed by atoms with Crippen molar-refractivity contribution in [1.82, 2.24) is 55.0 Å². The number of nitrogens with zero attached hydrogens (tertiary/aromatic N) is 7. The Kier molecular flexibility index (Phi) is 26.9. The Balaban J connectivity index is 0.000000148. The first-order chi connectivity index (χ1) is 58.1. The Bertz CT molecular complexity index is 5720. The standard InChI is InChI=1S/C17H24N2O3.2C16H19N3O2.C16H20N2O3.C16H24O4.C15H20N2O2.4CH4/c1-15(2)12-5-4-11-10-18-14(20)19-13(11)16(12,3)6-7-17(15)21-8-9-22-17;1-15(2)11-5-4-9-7-17-14(20)19-12(9)16(11,3)6-10-8-18-21-13(10)15;1-15(2)11-6-5-9-8-18-14(21)19-12(9)16(11,3)7-10(17-4)13(15)20;1-15(2)11-5-4-9-7-17-14(21)18-12(9)16(11,3)6-10(8-19)13(15)20;1-14(2)12-5-4-11(10-17)13(18)15(12,3)6-7-16(14)19-8-9-20-16;1-14(2)10-5-4-9-8-16-13(19)17-12(9)15(10,3)7-6-11(14)18;;;;/h10,12H,4-9H2,1-3H3,(H,18,19,20);7-8,11H,4-6H2,1-3H3,(H,17,19,20);8,11,20H,5-7H2,1-3H3,(H,18,19,21);7-8,11,19H,4-6H2,1-3H3,(H,17,18,21);10,12,17H,4-9H2,1-3H3;8,10H,4-7H2,1-3H3,(H,16,17,19);4*1H4/b;;;10-8-;11-10+;;;;;/t12-,16-;3*11-,16-;12-,15-;10-,15-;;;;/m000000..../s1. The second-order valence-electron chi connectivity index (χ2n) is 42.7. The number of allylic oxidation sites excluding steroid dienone is 4. The third-order valence-corrected chi connectivity index (χ3v) is 34.3. The molecule has 2 saturated heterocycles. The van der Waals surface area contributed by atoms with Crippen molar-refractivity contribution in [2.75, 3.05) is 26.4 Å². The molecule has 0 amide bonds. The number of aryl methyl sites for hydroxylation is 5. The van der Waals surface area contributed by atoms with Gasteiger partial charge >= 0.3 is 28.4 Å². The highest BCUT2D eigenvalue weighted by Crippen LogP contribution is 2.66. The molecule has 0 radical (unpaired) electrons. The maximum absolute atomic E-state index is 12.7. The van der Waals surface area contributed by atoms with Gasteiger partial charge in [-0.15, -0.1) is 0 Å². The summed E-state index contributed by atoms with van der Waals surface area (Å²) < 4.78 is 29.7. The van der Waals surface area contributed by atoms with Crippen LogP contribution in [-0.2, 0) is 104 Å². The molecule has 0 bridgehead atoms. The summed E-state index contributed by atoms with van der Waals surface area (Å²) in [7, 11) is 0. The molecule has 28 heteroatoms. The highest BCUT2D eigenvalue weighted by atomic mass is 16.7.